The first-order chi connectivity index (χ1) is 17.4. The van der Waals surface area contributed by atoms with Crippen LogP contribution in [-0.2, 0) is 17.6 Å². The Kier molecular flexibility index (Phi) is 6.82. The molecule has 0 bridgehead atoms. The van der Waals surface area contributed by atoms with Crippen molar-refractivity contribution in [3.8, 4) is 11.3 Å². The molecule has 2 aromatic carbocycles. The molecule has 2 aromatic heterocycles. The highest BCUT2D eigenvalue weighted by atomic mass is 35.5. The van der Waals surface area contributed by atoms with Gasteiger partial charge >= 0.3 is 5.97 Å². The minimum atomic E-state index is -0.407. The van der Waals surface area contributed by atoms with E-state index in [0.717, 1.165) is 53.3 Å². The van der Waals surface area contributed by atoms with E-state index in [-0.39, 0.29) is 5.91 Å². The number of thiophene rings is 1. The summed E-state index contributed by atoms with van der Waals surface area (Å²) in [5.74, 6) is -0.0895. The number of halogens is 1. The van der Waals surface area contributed by atoms with Crippen molar-refractivity contribution in [2.24, 2.45) is 5.92 Å². The van der Waals surface area contributed by atoms with Crippen molar-refractivity contribution < 1.29 is 14.3 Å². The maximum absolute atomic E-state index is 13.8. The minimum absolute atomic E-state index is 0.279. The first kappa shape index (κ1) is 24.5. The zero-order chi connectivity index (χ0) is 25.4. The summed E-state index contributed by atoms with van der Waals surface area (Å²) in [5, 5.41) is 5.01. The summed E-state index contributed by atoms with van der Waals surface area (Å²) in [6, 6.07) is 15.1. The Bertz CT molecular complexity index is 1480. The van der Waals surface area contributed by atoms with Crippen LogP contribution in [0.2, 0.25) is 5.02 Å². The fourth-order valence-corrected chi connectivity index (χ4v) is 6.35. The van der Waals surface area contributed by atoms with E-state index in [1.54, 1.807) is 18.2 Å². The van der Waals surface area contributed by atoms with Gasteiger partial charge in [0.1, 0.15) is 5.00 Å². The van der Waals surface area contributed by atoms with E-state index >= 15 is 0 Å². The van der Waals surface area contributed by atoms with Gasteiger partial charge in [0.2, 0.25) is 0 Å². The van der Waals surface area contributed by atoms with Gasteiger partial charge in [-0.25, -0.2) is 9.78 Å². The number of nitrogens with one attached hydrogen (secondary N) is 1. The van der Waals surface area contributed by atoms with Gasteiger partial charge in [-0.15, -0.1) is 11.3 Å². The maximum Gasteiger partial charge on any atom is 0.341 e. The molecule has 1 atom stereocenters. The van der Waals surface area contributed by atoms with Crippen molar-refractivity contribution in [3.63, 3.8) is 0 Å². The summed E-state index contributed by atoms with van der Waals surface area (Å²) in [4.78, 5) is 32.5. The number of nitrogens with zero attached hydrogens (tertiary/aromatic N) is 1. The van der Waals surface area contributed by atoms with Crippen molar-refractivity contribution in [3.05, 3.63) is 80.7 Å². The van der Waals surface area contributed by atoms with Crippen LogP contribution in [0.3, 0.4) is 0 Å². The first-order valence-corrected chi connectivity index (χ1v) is 13.3. The Labute approximate surface area is 219 Å². The molecule has 0 unspecified atom stereocenters. The predicted octanol–water partition coefficient (Wildman–Crippen LogP) is 7.48. The summed E-state index contributed by atoms with van der Waals surface area (Å²) in [7, 11) is 1.38. The van der Waals surface area contributed by atoms with E-state index in [1.807, 2.05) is 37.3 Å². The molecule has 0 fully saturated rings. The Morgan fingerprint density at radius 1 is 1.17 bits per heavy atom. The van der Waals surface area contributed by atoms with E-state index in [4.69, 9.17) is 21.3 Å². The lowest BCUT2D eigenvalue weighted by atomic mass is 9.85. The number of amides is 1. The average Bonchev–Trinajstić information content (AvgIpc) is 3.24. The number of esters is 1. The lowest BCUT2D eigenvalue weighted by molar-refractivity contribution is 0.0601. The van der Waals surface area contributed by atoms with Gasteiger partial charge in [-0.2, -0.15) is 0 Å². The number of pyridine rings is 1. The number of carbonyl (C=O) groups is 2. The molecule has 36 heavy (non-hydrogen) atoms. The van der Waals surface area contributed by atoms with E-state index < -0.39 is 5.97 Å². The van der Waals surface area contributed by atoms with Crippen molar-refractivity contribution >= 4 is 50.7 Å². The van der Waals surface area contributed by atoms with Gasteiger partial charge in [-0.05, 0) is 68.0 Å². The number of fused-ring (bicyclic) bond motifs is 2. The second-order valence-electron chi connectivity index (χ2n) is 9.25. The average molecular weight is 519 g/mol. The molecular weight excluding hydrogens is 492 g/mol. The highest BCUT2D eigenvalue weighted by Crippen LogP contribution is 2.41. The van der Waals surface area contributed by atoms with E-state index in [1.165, 1.54) is 23.3 Å². The molecular formula is C29H27ClN2O3S. The third-order valence-corrected chi connectivity index (χ3v) is 8.33. The number of aryl methyl sites for hydroxylation is 1. The molecule has 2 heterocycles. The van der Waals surface area contributed by atoms with Crippen molar-refractivity contribution in [2.75, 3.05) is 12.4 Å². The number of methoxy groups -OCH3 is 1. The number of hydrogen-bond acceptors (Lipinski definition) is 5. The fourth-order valence-electron chi connectivity index (χ4n) is 4.88. The van der Waals surface area contributed by atoms with Crippen LogP contribution >= 0.6 is 22.9 Å². The van der Waals surface area contributed by atoms with Crippen LogP contribution in [-0.4, -0.2) is 24.0 Å². The molecule has 4 aromatic rings. The smallest absolute Gasteiger partial charge is 0.341 e. The van der Waals surface area contributed by atoms with Crippen LogP contribution in [0.4, 0.5) is 5.00 Å². The number of ether oxygens (including phenoxy) is 1. The van der Waals surface area contributed by atoms with Crippen LogP contribution in [0.25, 0.3) is 22.2 Å². The summed E-state index contributed by atoms with van der Waals surface area (Å²) < 4.78 is 5.11. The van der Waals surface area contributed by atoms with Crippen LogP contribution < -0.4 is 5.32 Å². The van der Waals surface area contributed by atoms with Gasteiger partial charge in [-0.3, -0.25) is 4.79 Å². The second-order valence-corrected chi connectivity index (χ2v) is 10.8. The summed E-state index contributed by atoms with van der Waals surface area (Å²) >= 11 is 7.57. The first-order valence-electron chi connectivity index (χ1n) is 12.1. The predicted molar refractivity (Wildman–Crippen MR) is 146 cm³/mol. The maximum atomic E-state index is 13.8. The standard InChI is InChI=1S/C29H27ClN2O3S/c1-4-17-6-11-20-25(14-17)36-28(26(20)29(34)35-3)32-27(33)22-15-24(18-7-9-19(30)10-8-18)31-23-12-5-16(2)13-21(22)23/h5,7-10,12-13,15,17H,4,6,11,14H2,1-3H3,(H,32,33)/t17-/m1/s1. The largest absolute Gasteiger partial charge is 0.465 e. The molecule has 0 radical (unpaired) electrons. The van der Waals surface area contributed by atoms with Gasteiger partial charge in [0.15, 0.2) is 0 Å². The second kappa shape index (κ2) is 10.0. The van der Waals surface area contributed by atoms with Gasteiger partial charge < -0.3 is 10.1 Å². The Morgan fingerprint density at radius 3 is 2.67 bits per heavy atom. The molecule has 0 spiro atoms. The van der Waals surface area contributed by atoms with Gasteiger partial charge in [0, 0.05) is 20.8 Å². The SMILES string of the molecule is CC[C@@H]1CCc2c(sc(NC(=O)c3cc(-c4ccc(Cl)cc4)nc4ccc(C)cc34)c2C(=O)OC)C1. The molecule has 5 nitrogen and oxygen atoms in total. The summed E-state index contributed by atoms with van der Waals surface area (Å²) in [6.45, 7) is 4.18. The molecule has 0 saturated heterocycles. The quantitative estimate of drug-likeness (QED) is 0.278. The number of rotatable bonds is 5. The Hall–Kier alpha value is -3.22. The zero-order valence-corrected chi connectivity index (χ0v) is 22.1. The third kappa shape index (κ3) is 4.63. The minimum Gasteiger partial charge on any atom is -0.465 e. The Morgan fingerprint density at radius 2 is 1.94 bits per heavy atom. The lowest BCUT2D eigenvalue weighted by Crippen LogP contribution is -2.17. The van der Waals surface area contributed by atoms with Crippen LogP contribution in [0.1, 0.15) is 56.5 Å². The molecule has 1 aliphatic rings. The lowest BCUT2D eigenvalue weighted by Gasteiger charge is -2.20. The highest BCUT2D eigenvalue weighted by Gasteiger charge is 2.30. The van der Waals surface area contributed by atoms with Crippen LogP contribution in [0.15, 0.2) is 48.5 Å². The van der Waals surface area contributed by atoms with Crippen molar-refractivity contribution in [1.29, 1.82) is 0 Å². The zero-order valence-electron chi connectivity index (χ0n) is 20.5. The molecule has 0 aliphatic heterocycles. The summed E-state index contributed by atoms with van der Waals surface area (Å²) in [5.41, 5.74) is 5.31. The van der Waals surface area contributed by atoms with E-state index in [2.05, 4.69) is 12.2 Å². The summed E-state index contributed by atoms with van der Waals surface area (Å²) in [6.07, 6.45) is 3.88. The molecule has 184 valence electrons. The van der Waals surface area contributed by atoms with Crippen LogP contribution in [0.5, 0.6) is 0 Å². The van der Waals surface area contributed by atoms with E-state index in [9.17, 15) is 9.59 Å². The normalized spacial score (nSPS) is 14.9. The van der Waals surface area contributed by atoms with Crippen LogP contribution in [0, 0.1) is 12.8 Å². The number of carbonyl (C=O) groups excluding carboxylic acids is 2. The van der Waals surface area contributed by atoms with Gasteiger partial charge in [0.05, 0.1) is 29.4 Å². The van der Waals surface area contributed by atoms with Crippen molar-refractivity contribution in [2.45, 2.75) is 39.5 Å². The fraction of sp³-hybridized carbons (Fsp3) is 0.276. The molecule has 0 saturated carbocycles. The number of hydrogen-bond donors (Lipinski definition) is 1. The third-order valence-electron chi connectivity index (χ3n) is 6.91. The number of anilines is 1. The molecule has 1 amide bonds. The Balaban J connectivity index is 1.59. The van der Waals surface area contributed by atoms with Gasteiger partial charge in [-0.1, -0.05) is 48.7 Å². The van der Waals surface area contributed by atoms with Crippen molar-refractivity contribution in [1.82, 2.24) is 4.98 Å². The number of aromatic nitrogens is 1. The number of benzene rings is 2. The molecule has 7 heteroatoms. The topological polar surface area (TPSA) is 68.3 Å². The van der Waals surface area contributed by atoms with Gasteiger partial charge in [0.25, 0.3) is 5.91 Å². The molecule has 1 N–H and O–H groups in total. The van der Waals surface area contributed by atoms with E-state index in [0.29, 0.717) is 32.8 Å². The highest BCUT2D eigenvalue weighted by molar-refractivity contribution is 7.17. The monoisotopic (exact) mass is 518 g/mol. The molecule has 5 rings (SSSR count). The molecule has 1 aliphatic carbocycles.